The third-order valence-corrected chi connectivity index (χ3v) is 5.75. The van der Waals surface area contributed by atoms with Gasteiger partial charge in [-0.05, 0) is 32.7 Å². The summed E-state index contributed by atoms with van der Waals surface area (Å²) >= 11 is 0. The first kappa shape index (κ1) is 15.7. The Morgan fingerprint density at radius 3 is 2.69 bits per heavy atom. The summed E-state index contributed by atoms with van der Waals surface area (Å²) < 4.78 is 1.82. The number of carbonyl (C=O) groups excluding carboxylic acids is 3. The van der Waals surface area contributed by atoms with Crippen molar-refractivity contribution < 1.29 is 14.4 Å². The lowest BCUT2D eigenvalue weighted by atomic mass is 9.95. The number of carbonyl (C=O) groups is 3. The number of ketones is 2. The summed E-state index contributed by atoms with van der Waals surface area (Å²) in [4.78, 5) is 44.6. The van der Waals surface area contributed by atoms with E-state index >= 15 is 0 Å². The Morgan fingerprint density at radius 2 is 2.00 bits per heavy atom. The molecule has 0 spiro atoms. The van der Waals surface area contributed by atoms with Gasteiger partial charge in [0.25, 0.3) is 0 Å². The van der Waals surface area contributed by atoms with Gasteiger partial charge < -0.3 is 20.1 Å². The van der Waals surface area contributed by atoms with Gasteiger partial charge in [-0.2, -0.15) is 0 Å². The lowest BCUT2D eigenvalue weighted by molar-refractivity contribution is -0.123. The van der Waals surface area contributed by atoms with Gasteiger partial charge in [0, 0.05) is 25.2 Å². The summed E-state index contributed by atoms with van der Waals surface area (Å²) in [5, 5.41) is 6.23. The zero-order chi connectivity index (χ0) is 18.0. The van der Waals surface area contributed by atoms with E-state index in [9.17, 15) is 14.4 Å². The highest BCUT2D eigenvalue weighted by Crippen LogP contribution is 2.36. The molecule has 1 aliphatic carbocycles. The molecule has 5 rings (SSSR count). The zero-order valence-corrected chi connectivity index (χ0v) is 14.7. The molecule has 136 valence electrons. The van der Waals surface area contributed by atoms with E-state index in [0.29, 0.717) is 35.8 Å². The van der Waals surface area contributed by atoms with E-state index in [1.807, 2.05) is 9.47 Å². The zero-order valence-electron chi connectivity index (χ0n) is 14.7. The molecule has 8 heteroatoms. The quantitative estimate of drug-likeness (QED) is 0.750. The van der Waals surface area contributed by atoms with E-state index in [1.54, 1.807) is 6.92 Å². The molecule has 0 aromatic carbocycles. The highest BCUT2D eigenvalue weighted by Gasteiger charge is 2.43. The maximum atomic E-state index is 12.9. The molecule has 3 aliphatic heterocycles. The highest BCUT2D eigenvalue weighted by molar-refractivity contribution is 6.25. The van der Waals surface area contributed by atoms with E-state index in [4.69, 9.17) is 0 Å². The number of aromatic nitrogens is 2. The molecule has 2 fully saturated rings. The maximum Gasteiger partial charge on any atom is 0.237 e. The fourth-order valence-electron chi connectivity index (χ4n) is 4.28. The molecule has 4 aliphatic rings. The molecule has 0 bridgehead atoms. The minimum absolute atomic E-state index is 0.0290. The SMILES string of the molecule is CC1=C(N2CC2)C(=O)c2nc3n(c2C1=O)CC[C@@H]3NC(=O)C1CCCN1. The molecule has 0 radical (unpaired) electrons. The molecule has 2 N–H and O–H groups in total. The second-order valence-corrected chi connectivity index (χ2v) is 7.44. The van der Waals surface area contributed by atoms with Crippen molar-refractivity contribution in [1.29, 1.82) is 0 Å². The standard InChI is InChI=1S/C18H21N5O3/c1-9-13(22-7-8-22)16(25)12-14(15(9)24)23-6-4-10(17(23)21-12)20-18(26)11-3-2-5-19-11/h10-11,19H,2-8H2,1H3,(H,20,26)/t10-,11?/m0/s1. The predicted octanol–water partition coefficient (Wildman–Crippen LogP) is 0.165. The van der Waals surface area contributed by atoms with E-state index in [-0.39, 0.29) is 35.3 Å². The van der Waals surface area contributed by atoms with Crippen LogP contribution in [0.2, 0.25) is 0 Å². The van der Waals surface area contributed by atoms with Crippen molar-refractivity contribution >= 4 is 17.5 Å². The Morgan fingerprint density at radius 1 is 1.19 bits per heavy atom. The van der Waals surface area contributed by atoms with Crippen molar-refractivity contribution in [3.63, 3.8) is 0 Å². The molecular weight excluding hydrogens is 334 g/mol. The summed E-state index contributed by atoms with van der Waals surface area (Å²) in [6, 6.07) is -0.406. The van der Waals surface area contributed by atoms with Gasteiger partial charge in [-0.25, -0.2) is 4.98 Å². The van der Waals surface area contributed by atoms with Gasteiger partial charge in [0.15, 0.2) is 0 Å². The van der Waals surface area contributed by atoms with Crippen molar-refractivity contribution in [3.8, 4) is 0 Å². The number of hydrogen-bond donors (Lipinski definition) is 2. The predicted molar refractivity (Wildman–Crippen MR) is 91.7 cm³/mol. The van der Waals surface area contributed by atoms with Crippen LogP contribution in [0, 0.1) is 0 Å². The fourth-order valence-corrected chi connectivity index (χ4v) is 4.28. The second-order valence-electron chi connectivity index (χ2n) is 7.44. The van der Waals surface area contributed by atoms with Crippen LogP contribution in [0.5, 0.6) is 0 Å². The van der Waals surface area contributed by atoms with Gasteiger partial charge in [-0.15, -0.1) is 0 Å². The lowest BCUT2D eigenvalue weighted by Crippen LogP contribution is -2.41. The van der Waals surface area contributed by atoms with Crippen LogP contribution in [-0.2, 0) is 11.3 Å². The number of allylic oxidation sites excluding steroid dienone is 2. The second kappa shape index (κ2) is 5.51. The molecule has 1 aromatic heterocycles. The van der Waals surface area contributed by atoms with E-state index < -0.39 is 0 Å². The Kier molecular flexibility index (Phi) is 3.34. The average Bonchev–Trinajstić information content (AvgIpc) is 3.04. The average molecular weight is 355 g/mol. The third-order valence-electron chi connectivity index (χ3n) is 5.75. The summed E-state index contributed by atoms with van der Waals surface area (Å²) in [7, 11) is 0. The Labute approximate surface area is 150 Å². The topological polar surface area (TPSA) is 96.1 Å². The van der Waals surface area contributed by atoms with Gasteiger partial charge in [0.1, 0.15) is 17.2 Å². The number of nitrogens with zero attached hydrogens (tertiary/aromatic N) is 3. The summed E-state index contributed by atoms with van der Waals surface area (Å²) in [6.45, 7) is 4.78. The van der Waals surface area contributed by atoms with Gasteiger partial charge >= 0.3 is 0 Å². The van der Waals surface area contributed by atoms with Crippen LogP contribution in [0.3, 0.4) is 0 Å². The number of rotatable bonds is 3. The molecule has 1 aromatic rings. The normalized spacial score (nSPS) is 27.0. The molecule has 2 atom stereocenters. The summed E-state index contributed by atoms with van der Waals surface area (Å²) in [6.07, 6.45) is 2.53. The monoisotopic (exact) mass is 355 g/mol. The van der Waals surface area contributed by atoms with Crippen LogP contribution in [-0.4, -0.2) is 57.6 Å². The molecule has 1 unspecified atom stereocenters. The van der Waals surface area contributed by atoms with Crippen LogP contribution >= 0.6 is 0 Å². The van der Waals surface area contributed by atoms with Crippen LogP contribution in [0.15, 0.2) is 11.3 Å². The first-order valence-corrected chi connectivity index (χ1v) is 9.25. The number of imidazole rings is 1. The van der Waals surface area contributed by atoms with E-state index in [0.717, 1.165) is 32.5 Å². The minimum Gasteiger partial charge on any atom is -0.364 e. The molecule has 4 heterocycles. The van der Waals surface area contributed by atoms with Gasteiger partial charge in [-0.1, -0.05) is 0 Å². The van der Waals surface area contributed by atoms with Gasteiger partial charge in [0.2, 0.25) is 17.5 Å². The fraction of sp³-hybridized carbons (Fsp3) is 0.556. The first-order valence-electron chi connectivity index (χ1n) is 9.25. The van der Waals surface area contributed by atoms with Crippen molar-refractivity contribution in [3.05, 3.63) is 28.5 Å². The highest BCUT2D eigenvalue weighted by atomic mass is 16.2. The first-order chi connectivity index (χ1) is 12.6. The van der Waals surface area contributed by atoms with E-state index in [1.165, 1.54) is 0 Å². The number of hydrogen-bond acceptors (Lipinski definition) is 6. The van der Waals surface area contributed by atoms with Crippen LogP contribution in [0.25, 0.3) is 0 Å². The number of fused-ring (bicyclic) bond motifs is 3. The molecule has 2 saturated heterocycles. The molecule has 26 heavy (non-hydrogen) atoms. The third kappa shape index (κ3) is 2.18. The Bertz CT molecular complexity index is 874. The number of nitrogens with one attached hydrogen (secondary N) is 2. The summed E-state index contributed by atoms with van der Waals surface area (Å²) in [5.41, 5.74) is 1.64. The number of Topliss-reactive ketones (excluding diaryl/α,β-unsaturated/α-hetero) is 2. The van der Waals surface area contributed by atoms with Gasteiger partial charge in [0.05, 0.1) is 17.8 Å². The van der Waals surface area contributed by atoms with E-state index in [2.05, 4.69) is 15.6 Å². The smallest absolute Gasteiger partial charge is 0.237 e. The minimum atomic E-state index is -0.249. The van der Waals surface area contributed by atoms with Crippen molar-refractivity contribution in [2.75, 3.05) is 19.6 Å². The molecular formula is C18H21N5O3. The van der Waals surface area contributed by atoms with Crippen molar-refractivity contribution in [2.24, 2.45) is 0 Å². The van der Waals surface area contributed by atoms with Crippen LogP contribution in [0.4, 0.5) is 0 Å². The Hall–Kier alpha value is -2.48. The Balaban J connectivity index is 1.46. The van der Waals surface area contributed by atoms with Gasteiger partial charge in [-0.3, -0.25) is 14.4 Å². The number of amides is 1. The largest absolute Gasteiger partial charge is 0.364 e. The van der Waals surface area contributed by atoms with Crippen LogP contribution < -0.4 is 10.6 Å². The van der Waals surface area contributed by atoms with Crippen molar-refractivity contribution in [1.82, 2.24) is 25.1 Å². The molecule has 1 amide bonds. The van der Waals surface area contributed by atoms with Crippen molar-refractivity contribution in [2.45, 2.75) is 44.8 Å². The molecule has 0 saturated carbocycles. The maximum absolute atomic E-state index is 12.9. The van der Waals surface area contributed by atoms with Crippen LogP contribution in [0.1, 0.15) is 59.0 Å². The summed E-state index contributed by atoms with van der Waals surface area (Å²) in [5.74, 6) is 0.310. The lowest BCUT2D eigenvalue weighted by Gasteiger charge is -2.17. The molecule has 8 nitrogen and oxygen atoms in total.